The van der Waals surface area contributed by atoms with Crippen molar-refractivity contribution in [1.29, 1.82) is 0 Å². The predicted octanol–water partition coefficient (Wildman–Crippen LogP) is 2.92. The third kappa shape index (κ3) is 4.76. The van der Waals surface area contributed by atoms with Crippen molar-refractivity contribution in [2.75, 3.05) is 20.3 Å². The third-order valence-corrected chi connectivity index (χ3v) is 3.40. The molecule has 0 aliphatic heterocycles. The van der Waals surface area contributed by atoms with E-state index in [4.69, 9.17) is 9.47 Å². The number of rotatable bonds is 8. The Morgan fingerprint density at radius 1 is 1.00 bits per heavy atom. The number of ether oxygens (including phenoxy) is 2. The van der Waals surface area contributed by atoms with Crippen molar-refractivity contribution in [3.63, 3.8) is 0 Å². The zero-order valence-electron chi connectivity index (χ0n) is 13.1. The van der Waals surface area contributed by atoms with E-state index in [-0.39, 0.29) is 0 Å². The fourth-order valence-electron chi connectivity index (χ4n) is 2.17. The summed E-state index contributed by atoms with van der Waals surface area (Å²) in [7, 11) is 1.63. The normalized spacial score (nSPS) is 12.0. The maximum atomic E-state index is 10.2. The van der Waals surface area contributed by atoms with Crippen LogP contribution >= 0.6 is 0 Å². The molecule has 2 aromatic carbocycles. The second-order valence-corrected chi connectivity index (χ2v) is 5.00. The van der Waals surface area contributed by atoms with Gasteiger partial charge in [0.05, 0.1) is 19.8 Å². The van der Waals surface area contributed by atoms with Gasteiger partial charge in [-0.3, -0.25) is 0 Å². The van der Waals surface area contributed by atoms with Crippen molar-refractivity contribution < 1.29 is 14.6 Å². The number of hydrogen-bond acceptors (Lipinski definition) is 4. The molecule has 4 nitrogen and oxygen atoms in total. The van der Waals surface area contributed by atoms with Crippen molar-refractivity contribution in [2.45, 2.75) is 19.6 Å². The molecule has 1 atom stereocenters. The van der Waals surface area contributed by atoms with E-state index in [0.29, 0.717) is 19.7 Å². The van der Waals surface area contributed by atoms with E-state index in [9.17, 15) is 5.11 Å². The zero-order chi connectivity index (χ0) is 15.8. The van der Waals surface area contributed by atoms with Gasteiger partial charge in [0, 0.05) is 13.1 Å². The molecule has 118 valence electrons. The molecular weight excluding hydrogens is 278 g/mol. The van der Waals surface area contributed by atoms with Gasteiger partial charge in [0.25, 0.3) is 0 Å². The fraction of sp³-hybridized carbons (Fsp3) is 0.333. The number of nitrogens with one attached hydrogen (secondary N) is 1. The van der Waals surface area contributed by atoms with E-state index < -0.39 is 6.10 Å². The molecule has 0 saturated heterocycles. The highest BCUT2D eigenvalue weighted by Crippen LogP contribution is 2.17. The lowest BCUT2D eigenvalue weighted by atomic mass is 10.1. The molecule has 2 rings (SSSR count). The summed E-state index contributed by atoms with van der Waals surface area (Å²) in [4.78, 5) is 0. The van der Waals surface area contributed by atoms with Gasteiger partial charge in [0.2, 0.25) is 0 Å². The highest BCUT2D eigenvalue weighted by atomic mass is 16.5. The van der Waals surface area contributed by atoms with Gasteiger partial charge in [-0.1, -0.05) is 24.3 Å². The molecule has 0 saturated carbocycles. The zero-order valence-corrected chi connectivity index (χ0v) is 13.1. The number of benzene rings is 2. The van der Waals surface area contributed by atoms with Crippen LogP contribution in [0.15, 0.2) is 48.5 Å². The van der Waals surface area contributed by atoms with Crippen LogP contribution in [-0.4, -0.2) is 25.4 Å². The van der Waals surface area contributed by atoms with Gasteiger partial charge < -0.3 is 19.9 Å². The van der Waals surface area contributed by atoms with E-state index >= 15 is 0 Å². The lowest BCUT2D eigenvalue weighted by Crippen LogP contribution is -2.21. The number of methoxy groups -OCH3 is 1. The van der Waals surface area contributed by atoms with Gasteiger partial charge in [-0.05, 0) is 42.3 Å². The summed E-state index contributed by atoms with van der Waals surface area (Å²) in [6.45, 7) is 3.85. The molecule has 2 aromatic rings. The summed E-state index contributed by atoms with van der Waals surface area (Å²) in [5.74, 6) is 1.67. The smallest absolute Gasteiger partial charge is 0.119 e. The van der Waals surface area contributed by atoms with Crippen LogP contribution < -0.4 is 14.8 Å². The third-order valence-electron chi connectivity index (χ3n) is 3.40. The number of hydrogen-bond donors (Lipinski definition) is 2. The standard InChI is InChI=1S/C18H23NO3/c1-3-22-17-8-4-14(5-9-17)12-19-13-18(20)15-6-10-16(21-2)11-7-15/h4-11,18-20H,3,12-13H2,1-2H3. The summed E-state index contributed by atoms with van der Waals surface area (Å²) in [6, 6.07) is 15.4. The Morgan fingerprint density at radius 3 is 2.23 bits per heavy atom. The molecule has 2 N–H and O–H groups in total. The van der Waals surface area contributed by atoms with Crippen molar-refractivity contribution in [3.8, 4) is 11.5 Å². The first-order valence-electron chi connectivity index (χ1n) is 7.47. The van der Waals surface area contributed by atoms with Crippen LogP contribution in [-0.2, 0) is 6.54 Å². The van der Waals surface area contributed by atoms with Crippen LogP contribution in [0.2, 0.25) is 0 Å². The Kier molecular flexibility index (Phi) is 6.25. The molecule has 0 amide bonds. The molecule has 22 heavy (non-hydrogen) atoms. The van der Waals surface area contributed by atoms with Gasteiger partial charge in [0.1, 0.15) is 11.5 Å². The van der Waals surface area contributed by atoms with Crippen molar-refractivity contribution in [3.05, 3.63) is 59.7 Å². The van der Waals surface area contributed by atoms with E-state index in [2.05, 4.69) is 5.32 Å². The Hall–Kier alpha value is -2.04. The summed E-state index contributed by atoms with van der Waals surface area (Å²) in [5, 5.41) is 13.4. The van der Waals surface area contributed by atoms with E-state index in [1.54, 1.807) is 7.11 Å². The summed E-state index contributed by atoms with van der Waals surface area (Å²) >= 11 is 0. The summed E-state index contributed by atoms with van der Waals surface area (Å²) in [6.07, 6.45) is -0.534. The van der Waals surface area contributed by atoms with Crippen LogP contribution in [0.4, 0.5) is 0 Å². The van der Waals surface area contributed by atoms with E-state index in [0.717, 1.165) is 22.6 Å². The minimum atomic E-state index is -0.534. The van der Waals surface area contributed by atoms with Crippen LogP contribution in [0.5, 0.6) is 11.5 Å². The van der Waals surface area contributed by atoms with Gasteiger partial charge >= 0.3 is 0 Å². The minimum absolute atomic E-state index is 0.500. The minimum Gasteiger partial charge on any atom is -0.497 e. The van der Waals surface area contributed by atoms with Crippen LogP contribution in [0, 0.1) is 0 Å². The molecule has 1 unspecified atom stereocenters. The van der Waals surface area contributed by atoms with Crippen molar-refractivity contribution in [1.82, 2.24) is 5.32 Å². The Balaban J connectivity index is 1.79. The summed E-state index contributed by atoms with van der Waals surface area (Å²) < 4.78 is 10.5. The quantitative estimate of drug-likeness (QED) is 0.787. The highest BCUT2D eigenvalue weighted by molar-refractivity contribution is 5.29. The second-order valence-electron chi connectivity index (χ2n) is 5.00. The predicted molar refractivity (Wildman–Crippen MR) is 87.3 cm³/mol. The first kappa shape index (κ1) is 16.3. The maximum absolute atomic E-state index is 10.2. The fourth-order valence-corrected chi connectivity index (χ4v) is 2.17. The Labute approximate surface area is 131 Å². The van der Waals surface area contributed by atoms with Crippen LogP contribution in [0.3, 0.4) is 0 Å². The van der Waals surface area contributed by atoms with E-state index in [1.807, 2.05) is 55.5 Å². The second kappa shape index (κ2) is 8.41. The molecule has 0 heterocycles. The van der Waals surface area contributed by atoms with Gasteiger partial charge in [-0.15, -0.1) is 0 Å². The molecule has 0 radical (unpaired) electrons. The monoisotopic (exact) mass is 301 g/mol. The SMILES string of the molecule is CCOc1ccc(CNCC(O)c2ccc(OC)cc2)cc1. The topological polar surface area (TPSA) is 50.7 Å². The first-order chi connectivity index (χ1) is 10.7. The molecule has 0 bridgehead atoms. The van der Waals surface area contributed by atoms with Crippen LogP contribution in [0.25, 0.3) is 0 Å². The van der Waals surface area contributed by atoms with E-state index in [1.165, 1.54) is 0 Å². The van der Waals surface area contributed by atoms with Crippen LogP contribution in [0.1, 0.15) is 24.2 Å². The van der Waals surface area contributed by atoms with Crippen molar-refractivity contribution >= 4 is 0 Å². The van der Waals surface area contributed by atoms with Crippen molar-refractivity contribution in [2.24, 2.45) is 0 Å². The molecule has 0 spiro atoms. The van der Waals surface area contributed by atoms with Gasteiger partial charge in [-0.2, -0.15) is 0 Å². The summed E-state index contributed by atoms with van der Waals surface area (Å²) in [5.41, 5.74) is 2.03. The lowest BCUT2D eigenvalue weighted by molar-refractivity contribution is 0.174. The lowest BCUT2D eigenvalue weighted by Gasteiger charge is -2.13. The molecule has 0 fully saturated rings. The average Bonchev–Trinajstić information content (AvgIpc) is 2.56. The highest BCUT2D eigenvalue weighted by Gasteiger charge is 2.07. The number of aliphatic hydroxyl groups is 1. The molecule has 0 aromatic heterocycles. The maximum Gasteiger partial charge on any atom is 0.119 e. The molecule has 0 aliphatic rings. The molecule has 0 aliphatic carbocycles. The average molecular weight is 301 g/mol. The first-order valence-corrected chi connectivity index (χ1v) is 7.47. The number of aliphatic hydroxyl groups excluding tert-OH is 1. The Bertz CT molecular complexity index is 552. The largest absolute Gasteiger partial charge is 0.497 e. The Morgan fingerprint density at radius 2 is 1.64 bits per heavy atom. The molecular formula is C18H23NO3. The molecule has 4 heteroatoms. The van der Waals surface area contributed by atoms with Gasteiger partial charge in [0.15, 0.2) is 0 Å². The van der Waals surface area contributed by atoms with Gasteiger partial charge in [-0.25, -0.2) is 0 Å².